The van der Waals surface area contributed by atoms with Crippen LogP contribution in [0.1, 0.15) is 59.6 Å². The fraction of sp³-hybridized carbons (Fsp3) is 0.647. The Labute approximate surface area is 119 Å². The summed E-state index contributed by atoms with van der Waals surface area (Å²) in [5.74, 6) is 0. The molecule has 0 spiro atoms. The molecule has 19 heavy (non-hydrogen) atoms. The molecule has 108 valence electrons. The van der Waals surface area contributed by atoms with Crippen molar-refractivity contribution >= 4 is 7.14 Å². The van der Waals surface area contributed by atoms with E-state index in [0.717, 1.165) is 6.42 Å². The van der Waals surface area contributed by atoms with Gasteiger partial charge in [-0.3, -0.25) is 0 Å². The van der Waals surface area contributed by atoms with Crippen LogP contribution in [-0.2, 0) is 17.1 Å². The van der Waals surface area contributed by atoms with Crippen LogP contribution >= 0.6 is 7.14 Å². The molecule has 0 bridgehead atoms. The molecule has 0 unspecified atom stereocenters. The largest absolute Gasteiger partial charge is 0.322 e. The molecular formula is C17H29OP. The van der Waals surface area contributed by atoms with Crippen LogP contribution in [0.4, 0.5) is 0 Å². The zero-order valence-electron chi connectivity index (χ0n) is 13.6. The second-order valence-corrected chi connectivity index (χ2v) is 11.9. The van der Waals surface area contributed by atoms with Crippen LogP contribution in [0.5, 0.6) is 0 Å². The minimum atomic E-state index is -2.34. The van der Waals surface area contributed by atoms with E-state index in [4.69, 9.17) is 0 Å². The van der Waals surface area contributed by atoms with Crippen molar-refractivity contribution < 1.29 is 4.57 Å². The molecule has 0 atom stereocenters. The number of aryl methyl sites for hydroxylation is 1. The van der Waals surface area contributed by atoms with Crippen molar-refractivity contribution in [3.05, 3.63) is 35.4 Å². The van der Waals surface area contributed by atoms with Gasteiger partial charge in [-0.15, -0.1) is 0 Å². The summed E-state index contributed by atoms with van der Waals surface area (Å²) in [7, 11) is -2.34. The summed E-state index contributed by atoms with van der Waals surface area (Å²) in [5, 5.41) is -0.319. The standard InChI is InChI=1S/C17H29OP/c1-8-14-10-9-11-15(12-14)13-19(18,16(2,3)4)17(5,6)7/h9-12H,8,13H2,1-7H3. The maximum Gasteiger partial charge on any atom is 0.102 e. The average Bonchev–Trinajstić information content (AvgIpc) is 2.26. The molecule has 0 saturated heterocycles. The van der Waals surface area contributed by atoms with Crippen molar-refractivity contribution in [2.45, 2.75) is 71.4 Å². The van der Waals surface area contributed by atoms with Crippen LogP contribution in [0.2, 0.25) is 0 Å². The third-order valence-corrected chi connectivity index (χ3v) is 9.12. The Balaban J connectivity index is 3.20. The van der Waals surface area contributed by atoms with Gasteiger partial charge in [0.25, 0.3) is 0 Å². The minimum Gasteiger partial charge on any atom is -0.322 e. The third kappa shape index (κ3) is 3.51. The van der Waals surface area contributed by atoms with Gasteiger partial charge in [0.2, 0.25) is 0 Å². The SMILES string of the molecule is CCc1cccc(CP(=O)(C(C)(C)C)C(C)(C)C)c1. The first kappa shape index (κ1) is 16.5. The Morgan fingerprint density at radius 3 is 1.84 bits per heavy atom. The predicted octanol–water partition coefficient (Wildman–Crippen LogP) is 5.71. The molecule has 1 nitrogen and oxygen atoms in total. The fourth-order valence-corrected chi connectivity index (χ4v) is 6.36. The number of hydrogen-bond acceptors (Lipinski definition) is 1. The lowest BCUT2D eigenvalue weighted by Gasteiger charge is -2.41. The van der Waals surface area contributed by atoms with Crippen molar-refractivity contribution in [3.63, 3.8) is 0 Å². The van der Waals surface area contributed by atoms with Crippen molar-refractivity contribution in [2.75, 3.05) is 0 Å². The first-order valence-corrected chi connectivity index (χ1v) is 9.07. The van der Waals surface area contributed by atoms with Gasteiger partial charge in [-0.25, -0.2) is 0 Å². The van der Waals surface area contributed by atoms with Gasteiger partial charge in [-0.2, -0.15) is 0 Å². The van der Waals surface area contributed by atoms with E-state index in [1.807, 2.05) is 0 Å². The van der Waals surface area contributed by atoms with Crippen LogP contribution in [0.15, 0.2) is 24.3 Å². The Morgan fingerprint density at radius 2 is 1.42 bits per heavy atom. The van der Waals surface area contributed by atoms with Gasteiger partial charge < -0.3 is 4.57 Å². The van der Waals surface area contributed by atoms with Crippen molar-refractivity contribution in [1.82, 2.24) is 0 Å². The van der Waals surface area contributed by atoms with Crippen LogP contribution in [0, 0.1) is 0 Å². The topological polar surface area (TPSA) is 17.1 Å². The summed E-state index contributed by atoms with van der Waals surface area (Å²) in [4.78, 5) is 0. The van der Waals surface area contributed by atoms with Crippen LogP contribution in [-0.4, -0.2) is 10.3 Å². The molecule has 0 radical (unpaired) electrons. The molecular weight excluding hydrogens is 251 g/mol. The summed E-state index contributed by atoms with van der Waals surface area (Å²) in [5.41, 5.74) is 2.54. The maximum atomic E-state index is 13.6. The Hall–Kier alpha value is -0.550. The van der Waals surface area contributed by atoms with Gasteiger partial charge in [0.1, 0.15) is 7.14 Å². The zero-order valence-corrected chi connectivity index (χ0v) is 14.5. The average molecular weight is 280 g/mol. The quantitative estimate of drug-likeness (QED) is 0.648. The smallest absolute Gasteiger partial charge is 0.102 e. The van der Waals surface area contributed by atoms with Crippen LogP contribution in [0.25, 0.3) is 0 Å². The molecule has 1 rings (SSSR count). The van der Waals surface area contributed by atoms with E-state index in [9.17, 15) is 4.57 Å². The van der Waals surface area contributed by atoms with Crippen molar-refractivity contribution in [1.29, 1.82) is 0 Å². The van der Waals surface area contributed by atoms with Gasteiger partial charge in [0, 0.05) is 16.5 Å². The molecule has 0 heterocycles. The van der Waals surface area contributed by atoms with Crippen LogP contribution in [0.3, 0.4) is 0 Å². The Bertz CT molecular complexity index is 457. The minimum absolute atomic E-state index is 0.159. The number of benzene rings is 1. The third-order valence-electron chi connectivity index (χ3n) is 3.97. The summed E-state index contributed by atoms with van der Waals surface area (Å²) < 4.78 is 13.6. The van der Waals surface area contributed by atoms with Gasteiger partial charge in [-0.1, -0.05) is 72.7 Å². The Kier molecular flexibility index (Phi) is 4.73. The van der Waals surface area contributed by atoms with Gasteiger partial charge in [-0.05, 0) is 17.5 Å². The lowest BCUT2D eigenvalue weighted by Crippen LogP contribution is -2.29. The predicted molar refractivity (Wildman–Crippen MR) is 86.6 cm³/mol. The van der Waals surface area contributed by atoms with Gasteiger partial charge in [0.15, 0.2) is 0 Å². The number of rotatable bonds is 3. The molecule has 0 N–H and O–H groups in total. The van der Waals surface area contributed by atoms with Gasteiger partial charge >= 0.3 is 0 Å². The lowest BCUT2D eigenvalue weighted by molar-refractivity contribution is 0.516. The molecule has 1 aromatic carbocycles. The molecule has 0 aliphatic carbocycles. The highest BCUT2D eigenvalue weighted by Gasteiger charge is 2.45. The molecule has 0 saturated carbocycles. The fourth-order valence-electron chi connectivity index (χ4n) is 2.69. The van der Waals surface area contributed by atoms with E-state index in [2.05, 4.69) is 72.7 Å². The molecule has 0 aliphatic rings. The first-order valence-electron chi connectivity index (χ1n) is 7.18. The second-order valence-electron chi connectivity index (χ2n) is 7.41. The highest BCUT2D eigenvalue weighted by Crippen LogP contribution is 2.68. The summed E-state index contributed by atoms with van der Waals surface area (Å²) in [6, 6.07) is 8.56. The molecule has 0 amide bonds. The van der Waals surface area contributed by atoms with Crippen molar-refractivity contribution in [2.24, 2.45) is 0 Å². The van der Waals surface area contributed by atoms with E-state index in [0.29, 0.717) is 6.16 Å². The van der Waals surface area contributed by atoms with E-state index >= 15 is 0 Å². The summed E-state index contributed by atoms with van der Waals surface area (Å²) in [6.07, 6.45) is 1.73. The van der Waals surface area contributed by atoms with E-state index in [1.165, 1.54) is 11.1 Å². The highest BCUT2D eigenvalue weighted by atomic mass is 31.2. The monoisotopic (exact) mass is 280 g/mol. The van der Waals surface area contributed by atoms with E-state index in [-0.39, 0.29) is 10.3 Å². The summed E-state index contributed by atoms with van der Waals surface area (Å²) >= 11 is 0. The number of hydrogen-bond donors (Lipinski definition) is 0. The van der Waals surface area contributed by atoms with E-state index < -0.39 is 7.14 Å². The van der Waals surface area contributed by atoms with Gasteiger partial charge in [0.05, 0.1) is 0 Å². The molecule has 0 aromatic heterocycles. The zero-order chi connectivity index (χ0) is 14.9. The summed E-state index contributed by atoms with van der Waals surface area (Å²) in [6.45, 7) is 14.8. The van der Waals surface area contributed by atoms with Crippen molar-refractivity contribution in [3.8, 4) is 0 Å². The van der Waals surface area contributed by atoms with Crippen LogP contribution < -0.4 is 0 Å². The lowest BCUT2D eigenvalue weighted by atomic mass is 10.1. The first-order chi connectivity index (χ1) is 8.51. The molecule has 2 heteroatoms. The Morgan fingerprint density at radius 1 is 0.947 bits per heavy atom. The second kappa shape index (κ2) is 5.44. The maximum absolute atomic E-state index is 13.6. The normalized spacial score (nSPS) is 13.6. The van der Waals surface area contributed by atoms with E-state index in [1.54, 1.807) is 0 Å². The highest BCUT2D eigenvalue weighted by molar-refractivity contribution is 7.66. The molecule has 1 aromatic rings. The molecule has 0 aliphatic heterocycles. The molecule has 0 fully saturated rings.